The molecule has 0 bridgehead atoms. The molecule has 0 N–H and O–H groups in total. The Morgan fingerprint density at radius 2 is 1.32 bits per heavy atom. The molecule has 0 aliphatic rings. The third kappa shape index (κ3) is 6.91. The van der Waals surface area contributed by atoms with Gasteiger partial charge < -0.3 is 23.2 Å². The average molecular weight is 477 g/mol. The molecule has 2 nitrogen and oxygen atoms in total. The van der Waals surface area contributed by atoms with Gasteiger partial charge in [0.1, 0.15) is 0 Å². The first-order valence-electron chi connectivity index (χ1n) is 6.07. The fourth-order valence-corrected chi connectivity index (χ4v) is 1.63. The Hall–Kier alpha value is -1.60. The van der Waals surface area contributed by atoms with Crippen LogP contribution in [0.4, 0.5) is 4.39 Å². The first kappa shape index (κ1) is 22.7. The molecule has 0 spiro atoms. The SMILES string of the molecule is CC(C)(C)c1c[c-]c(-c2[c-]cc(F)cc2)cc1.[C-]=O.[C-]=O.[Pt+4]. The van der Waals surface area contributed by atoms with Gasteiger partial charge in [0.25, 0.3) is 0 Å². The van der Waals surface area contributed by atoms with Crippen LogP contribution in [0.3, 0.4) is 0 Å². The zero-order valence-corrected chi connectivity index (χ0v) is 14.7. The summed E-state index contributed by atoms with van der Waals surface area (Å²) in [4.78, 5) is 15.0. The molecule has 0 aromatic heterocycles. The first-order chi connectivity index (χ1) is 9.97. The predicted molar refractivity (Wildman–Crippen MR) is 79.6 cm³/mol. The Balaban J connectivity index is 0. The van der Waals surface area contributed by atoms with Crippen LogP contribution in [0.5, 0.6) is 0 Å². The van der Waals surface area contributed by atoms with E-state index in [1.807, 2.05) is 12.1 Å². The van der Waals surface area contributed by atoms with Gasteiger partial charge in [-0.05, 0) is 5.41 Å². The van der Waals surface area contributed by atoms with Crippen molar-refractivity contribution in [2.45, 2.75) is 26.2 Å². The van der Waals surface area contributed by atoms with Gasteiger partial charge in [0, 0.05) is 5.82 Å². The fraction of sp³-hybridized carbons (Fsp3) is 0.222. The van der Waals surface area contributed by atoms with Crippen LogP contribution in [-0.2, 0) is 36.1 Å². The summed E-state index contributed by atoms with van der Waals surface area (Å²) < 4.78 is 12.8. The van der Waals surface area contributed by atoms with Crippen molar-refractivity contribution >= 4 is 13.6 Å². The summed E-state index contributed by atoms with van der Waals surface area (Å²) in [6.45, 7) is 15.5. The van der Waals surface area contributed by atoms with Gasteiger partial charge >= 0.3 is 21.1 Å². The monoisotopic (exact) mass is 477 g/mol. The molecular formula is C18H15FO2Pt. The van der Waals surface area contributed by atoms with E-state index in [0.717, 1.165) is 11.1 Å². The molecule has 2 aromatic rings. The average Bonchev–Trinajstić information content (AvgIpc) is 2.51. The van der Waals surface area contributed by atoms with Crippen molar-refractivity contribution in [2.24, 2.45) is 0 Å². The summed E-state index contributed by atoms with van der Waals surface area (Å²) in [5, 5.41) is 0. The van der Waals surface area contributed by atoms with Crippen LogP contribution in [0.15, 0.2) is 36.4 Å². The van der Waals surface area contributed by atoms with E-state index >= 15 is 0 Å². The smallest absolute Gasteiger partial charge is 0.573 e. The maximum absolute atomic E-state index is 12.8. The van der Waals surface area contributed by atoms with Gasteiger partial charge in [-0.2, -0.15) is 36.4 Å². The molecule has 0 heterocycles. The minimum atomic E-state index is -0.264. The van der Waals surface area contributed by atoms with E-state index < -0.39 is 0 Å². The molecule has 22 heavy (non-hydrogen) atoms. The van der Waals surface area contributed by atoms with Crippen molar-refractivity contribution in [1.29, 1.82) is 0 Å². The van der Waals surface area contributed by atoms with E-state index in [-0.39, 0.29) is 32.3 Å². The number of rotatable bonds is 1. The predicted octanol–water partition coefficient (Wildman–Crippen LogP) is 3.59. The van der Waals surface area contributed by atoms with Crippen molar-refractivity contribution in [2.75, 3.05) is 0 Å². The molecule has 4 heteroatoms. The number of carbonyl (C=O) groups excluding carboxylic acids is 2. The molecule has 0 amide bonds. The summed E-state index contributed by atoms with van der Waals surface area (Å²) in [6, 6.07) is 16.7. The van der Waals surface area contributed by atoms with Gasteiger partial charge in [-0.1, -0.05) is 20.8 Å². The Kier molecular flexibility index (Phi) is 11.4. The molecule has 2 rings (SSSR count). The molecule has 0 saturated carbocycles. The summed E-state index contributed by atoms with van der Waals surface area (Å²) >= 11 is 0. The van der Waals surface area contributed by atoms with E-state index in [2.05, 4.69) is 52.5 Å². The van der Waals surface area contributed by atoms with Gasteiger partial charge in [-0.15, -0.1) is 17.7 Å². The van der Waals surface area contributed by atoms with Crippen molar-refractivity contribution < 1.29 is 35.0 Å². The standard InChI is InChI=1S/C16H15F.2CO.Pt/c1-16(2,3)14-8-4-12(5-9-14)13-6-10-15(17)11-7-13;2*1-2;/h4,6,8-11H,1-3H3;;;/q-2;2*-1;+4. The van der Waals surface area contributed by atoms with E-state index in [1.165, 1.54) is 17.7 Å². The summed E-state index contributed by atoms with van der Waals surface area (Å²) in [5.41, 5.74) is 3.18. The van der Waals surface area contributed by atoms with E-state index in [9.17, 15) is 4.39 Å². The summed E-state index contributed by atoms with van der Waals surface area (Å²) in [5.74, 6) is -0.264. The van der Waals surface area contributed by atoms with Crippen LogP contribution in [0, 0.1) is 17.9 Å². The van der Waals surface area contributed by atoms with Crippen LogP contribution in [0.1, 0.15) is 26.3 Å². The van der Waals surface area contributed by atoms with Gasteiger partial charge in [-0.25, -0.2) is 11.1 Å². The maximum Gasteiger partial charge on any atom is 4.00 e. The van der Waals surface area contributed by atoms with Crippen LogP contribution in [0.25, 0.3) is 11.1 Å². The van der Waals surface area contributed by atoms with E-state index in [0.29, 0.717) is 0 Å². The first-order valence-corrected chi connectivity index (χ1v) is 6.07. The third-order valence-corrected chi connectivity index (χ3v) is 2.74. The second kappa shape index (κ2) is 11.0. The van der Waals surface area contributed by atoms with Crippen molar-refractivity contribution in [3.8, 4) is 11.1 Å². The number of benzene rings is 2. The van der Waals surface area contributed by atoms with Crippen molar-refractivity contribution in [1.82, 2.24) is 0 Å². The molecule has 2 aromatic carbocycles. The Bertz CT molecular complexity index is 529. The minimum absolute atomic E-state index is 0. The van der Waals surface area contributed by atoms with Gasteiger partial charge in [-0.3, -0.25) is 4.39 Å². The third-order valence-electron chi connectivity index (χ3n) is 2.74. The maximum atomic E-state index is 12.8. The topological polar surface area (TPSA) is 34.1 Å². The molecule has 0 fully saturated rings. The zero-order valence-electron chi connectivity index (χ0n) is 12.5. The molecule has 0 aliphatic carbocycles. The number of hydrogen-bond acceptors (Lipinski definition) is 2. The van der Waals surface area contributed by atoms with Gasteiger partial charge in [0.15, 0.2) is 0 Å². The molecule has 2 radical (unpaired) electrons. The van der Waals surface area contributed by atoms with E-state index in [1.54, 1.807) is 6.07 Å². The number of halogens is 1. The van der Waals surface area contributed by atoms with Crippen LogP contribution in [0.2, 0.25) is 0 Å². The summed E-state index contributed by atoms with van der Waals surface area (Å²) in [7, 11) is 0. The van der Waals surface area contributed by atoms with Crippen LogP contribution >= 0.6 is 0 Å². The Morgan fingerprint density at radius 3 is 1.64 bits per heavy atom. The molecule has 0 aliphatic heterocycles. The van der Waals surface area contributed by atoms with Crippen LogP contribution < -0.4 is 0 Å². The van der Waals surface area contributed by atoms with E-state index in [4.69, 9.17) is 9.59 Å². The van der Waals surface area contributed by atoms with Gasteiger partial charge in [0.2, 0.25) is 0 Å². The second-order valence-corrected chi connectivity index (χ2v) is 5.16. The Morgan fingerprint density at radius 1 is 0.864 bits per heavy atom. The molecular weight excluding hydrogens is 462 g/mol. The second-order valence-electron chi connectivity index (χ2n) is 5.16. The molecule has 0 unspecified atom stereocenters. The minimum Gasteiger partial charge on any atom is -0.573 e. The fourth-order valence-electron chi connectivity index (χ4n) is 1.63. The molecule has 0 atom stereocenters. The molecule has 0 saturated heterocycles. The Labute approximate surface area is 146 Å². The zero-order chi connectivity index (χ0) is 16.5. The largest absolute Gasteiger partial charge is 4.00 e. The molecule has 116 valence electrons. The number of hydrogen-bond donors (Lipinski definition) is 0. The van der Waals surface area contributed by atoms with Crippen molar-refractivity contribution in [3.63, 3.8) is 0 Å². The van der Waals surface area contributed by atoms with Crippen molar-refractivity contribution in [3.05, 3.63) is 59.9 Å². The van der Waals surface area contributed by atoms with Crippen LogP contribution in [-0.4, -0.2) is 13.6 Å². The quantitative estimate of drug-likeness (QED) is 0.589. The van der Waals surface area contributed by atoms with Gasteiger partial charge in [0.05, 0.1) is 0 Å². The normalized spacial score (nSPS) is 9.27. The summed E-state index contributed by atoms with van der Waals surface area (Å²) in [6.07, 6.45) is 0.